The predicted molar refractivity (Wildman–Crippen MR) is 104 cm³/mol. The Labute approximate surface area is 172 Å². The molecule has 0 radical (unpaired) electrons. The highest BCUT2D eigenvalue weighted by molar-refractivity contribution is 7.99. The molecule has 0 unspecified atom stereocenters. The second-order valence-corrected chi connectivity index (χ2v) is 6.69. The number of methoxy groups -OCH3 is 1. The molecule has 0 saturated carbocycles. The molecule has 1 aromatic rings. The number of benzene rings is 1. The zero-order chi connectivity index (χ0) is 21.4. The number of carbonyl (C=O) groups excluding carboxylic acids is 3. The molecule has 0 fully saturated rings. The largest absolute Gasteiger partial charge is 0.547 e. The van der Waals surface area contributed by atoms with Gasteiger partial charge in [0.05, 0.1) is 25.4 Å². The fraction of sp³-hybridized carbons (Fsp3) is 0.471. The van der Waals surface area contributed by atoms with E-state index in [0.717, 1.165) is 0 Å². The van der Waals surface area contributed by atoms with Crippen LogP contribution in [-0.4, -0.2) is 68.6 Å². The Morgan fingerprint density at radius 2 is 2.07 bits per heavy atom. The minimum atomic E-state index is -1.37. The van der Waals surface area contributed by atoms with Crippen molar-refractivity contribution in [3.05, 3.63) is 23.3 Å². The van der Waals surface area contributed by atoms with Crippen LogP contribution in [0.5, 0.6) is 11.5 Å². The van der Waals surface area contributed by atoms with Crippen LogP contribution in [0.3, 0.4) is 0 Å². The molecule has 0 aromatic heterocycles. The molecule has 29 heavy (non-hydrogen) atoms. The molecule has 2 rings (SSSR count). The summed E-state index contributed by atoms with van der Waals surface area (Å²) in [5.74, 6) is -1.31. The Hall–Kier alpha value is -2.60. The number of nitrogens with one attached hydrogen (secondary N) is 1. The van der Waals surface area contributed by atoms with Crippen molar-refractivity contribution >= 4 is 36.9 Å². The van der Waals surface area contributed by atoms with Crippen LogP contribution in [0.25, 0.3) is 0 Å². The maximum atomic E-state index is 12.5. The molecule has 12 heteroatoms. The number of thioether (sulfide) groups is 1. The molecule has 1 amide bonds. The van der Waals surface area contributed by atoms with Crippen molar-refractivity contribution in [3.63, 3.8) is 0 Å². The van der Waals surface area contributed by atoms with E-state index in [1.54, 1.807) is 25.3 Å². The van der Waals surface area contributed by atoms with E-state index in [4.69, 9.17) is 14.1 Å². The van der Waals surface area contributed by atoms with Crippen molar-refractivity contribution < 1.29 is 43.0 Å². The first-order valence-electron chi connectivity index (χ1n) is 8.70. The fourth-order valence-corrected chi connectivity index (χ4v) is 3.02. The van der Waals surface area contributed by atoms with Crippen LogP contribution in [0, 0.1) is 0 Å². The molecule has 1 aliphatic heterocycles. The number of hydrogen-bond donors (Lipinski definition) is 2. The molecular weight excluding hydrogens is 405 g/mol. The highest BCUT2D eigenvalue weighted by atomic mass is 32.2. The van der Waals surface area contributed by atoms with Gasteiger partial charge in [0.2, 0.25) is 12.7 Å². The second-order valence-electron chi connectivity index (χ2n) is 5.83. The number of esters is 1. The summed E-state index contributed by atoms with van der Waals surface area (Å²) in [6.07, 6.45) is 1.05. The summed E-state index contributed by atoms with van der Waals surface area (Å²) in [6.45, 7) is 1.06. The molecule has 10 nitrogen and oxygen atoms in total. The first-order chi connectivity index (χ1) is 13.9. The van der Waals surface area contributed by atoms with Gasteiger partial charge in [-0.3, -0.25) is 4.79 Å². The lowest BCUT2D eigenvalue weighted by Gasteiger charge is -2.29. The SMILES string of the molecule is CCOC(=O)OCOC(=O)c1c(OC)ccc2c1OB(O)[C@@H](NC(=O)CSC)C2. The number of ether oxygens (including phenoxy) is 4. The van der Waals surface area contributed by atoms with E-state index in [-0.39, 0.29) is 41.8 Å². The lowest BCUT2D eigenvalue weighted by atomic mass is 9.72. The second kappa shape index (κ2) is 10.8. The third kappa shape index (κ3) is 5.94. The molecule has 0 aliphatic carbocycles. The number of rotatable bonds is 8. The zero-order valence-electron chi connectivity index (χ0n) is 16.3. The number of hydrogen-bond acceptors (Lipinski definition) is 10. The van der Waals surface area contributed by atoms with Crippen molar-refractivity contribution in [1.29, 1.82) is 0 Å². The Morgan fingerprint density at radius 3 is 2.72 bits per heavy atom. The van der Waals surface area contributed by atoms with Gasteiger partial charge < -0.3 is 33.9 Å². The zero-order valence-corrected chi connectivity index (χ0v) is 17.1. The summed E-state index contributed by atoms with van der Waals surface area (Å²) in [5.41, 5.74) is 0.509. The Kier molecular flexibility index (Phi) is 8.46. The summed E-state index contributed by atoms with van der Waals surface area (Å²) in [7, 11) is -0.0130. The van der Waals surface area contributed by atoms with Gasteiger partial charge in [0.15, 0.2) is 0 Å². The van der Waals surface area contributed by atoms with Crippen LogP contribution < -0.4 is 14.7 Å². The third-order valence-electron chi connectivity index (χ3n) is 3.90. The standard InChI is InChI=1S/C17H22BNO9S/c1-4-25-17(22)27-9-26-16(21)14-11(24-2)6-5-10-7-12(18(23)28-15(10)14)19-13(20)8-29-3/h5-6,12,23H,4,7-9H2,1-3H3,(H,19,20)/t12-/m0/s1. The molecule has 1 heterocycles. The van der Waals surface area contributed by atoms with Crippen LogP contribution >= 0.6 is 11.8 Å². The molecule has 2 N–H and O–H groups in total. The van der Waals surface area contributed by atoms with Crippen LogP contribution in [0.15, 0.2) is 12.1 Å². The quantitative estimate of drug-likeness (QED) is 0.349. The van der Waals surface area contributed by atoms with E-state index in [9.17, 15) is 19.4 Å². The van der Waals surface area contributed by atoms with E-state index >= 15 is 0 Å². The number of carbonyl (C=O) groups is 3. The van der Waals surface area contributed by atoms with Gasteiger partial charge in [-0.25, -0.2) is 9.59 Å². The lowest BCUT2D eigenvalue weighted by Crippen LogP contribution is -2.53. The average Bonchev–Trinajstić information content (AvgIpc) is 2.68. The van der Waals surface area contributed by atoms with Crippen LogP contribution in [0.4, 0.5) is 4.79 Å². The van der Waals surface area contributed by atoms with Crippen LogP contribution in [-0.2, 0) is 25.4 Å². The molecule has 158 valence electrons. The summed E-state index contributed by atoms with van der Waals surface area (Å²) in [5, 5.41) is 13.0. The van der Waals surface area contributed by atoms with Crippen molar-refractivity contribution in [2.75, 3.05) is 32.5 Å². The highest BCUT2D eigenvalue weighted by Gasteiger charge is 2.39. The Bertz CT molecular complexity index is 761. The first-order valence-corrected chi connectivity index (χ1v) is 10.1. The van der Waals surface area contributed by atoms with E-state index in [0.29, 0.717) is 5.56 Å². The monoisotopic (exact) mass is 427 g/mol. The number of amides is 1. The maximum absolute atomic E-state index is 12.5. The third-order valence-corrected chi connectivity index (χ3v) is 4.45. The normalized spacial score (nSPS) is 14.9. The Morgan fingerprint density at radius 1 is 1.31 bits per heavy atom. The average molecular weight is 427 g/mol. The fourth-order valence-electron chi connectivity index (χ4n) is 2.67. The van der Waals surface area contributed by atoms with Crippen molar-refractivity contribution in [1.82, 2.24) is 5.32 Å². The molecule has 0 saturated heterocycles. The molecular formula is C17H22BNO9S. The van der Waals surface area contributed by atoms with Gasteiger partial charge in [-0.05, 0) is 31.2 Å². The van der Waals surface area contributed by atoms with Crippen LogP contribution in [0.1, 0.15) is 22.8 Å². The van der Waals surface area contributed by atoms with Gasteiger partial charge in [0, 0.05) is 0 Å². The van der Waals surface area contributed by atoms with Gasteiger partial charge in [-0.2, -0.15) is 11.8 Å². The van der Waals surface area contributed by atoms with Gasteiger partial charge >= 0.3 is 19.2 Å². The maximum Gasteiger partial charge on any atom is 0.547 e. The molecule has 1 atom stereocenters. The van der Waals surface area contributed by atoms with Crippen molar-refractivity contribution in [2.45, 2.75) is 19.3 Å². The minimum absolute atomic E-state index is 0.0644. The smallest absolute Gasteiger partial charge is 0.534 e. The predicted octanol–water partition coefficient (Wildman–Crippen LogP) is 0.785. The van der Waals surface area contributed by atoms with Gasteiger partial charge in [-0.1, -0.05) is 6.07 Å². The summed E-state index contributed by atoms with van der Waals surface area (Å²) >= 11 is 1.35. The van der Waals surface area contributed by atoms with Crippen molar-refractivity contribution in [2.24, 2.45) is 0 Å². The van der Waals surface area contributed by atoms with Gasteiger partial charge in [0.1, 0.15) is 17.1 Å². The molecule has 0 spiro atoms. The summed E-state index contributed by atoms with van der Waals surface area (Å²) < 4.78 is 24.8. The minimum Gasteiger partial charge on any atom is -0.534 e. The topological polar surface area (TPSA) is 130 Å². The van der Waals surface area contributed by atoms with Gasteiger partial charge in [0.25, 0.3) is 0 Å². The first kappa shape index (κ1) is 22.7. The Balaban J connectivity index is 2.17. The molecule has 0 bridgehead atoms. The van der Waals surface area contributed by atoms with Gasteiger partial charge in [-0.15, -0.1) is 0 Å². The molecule has 1 aliphatic rings. The van der Waals surface area contributed by atoms with E-state index in [2.05, 4.69) is 14.8 Å². The highest BCUT2D eigenvalue weighted by Crippen LogP contribution is 2.36. The van der Waals surface area contributed by atoms with Crippen LogP contribution in [0.2, 0.25) is 0 Å². The van der Waals surface area contributed by atoms with E-state index in [1.165, 1.54) is 18.9 Å². The number of fused-ring (bicyclic) bond motifs is 1. The summed E-state index contributed by atoms with van der Waals surface area (Å²) in [6, 6.07) is 3.21. The lowest BCUT2D eigenvalue weighted by molar-refractivity contribution is -0.119. The van der Waals surface area contributed by atoms with Crippen molar-refractivity contribution in [3.8, 4) is 11.5 Å². The van der Waals surface area contributed by atoms with E-state index in [1.807, 2.05) is 0 Å². The van der Waals surface area contributed by atoms with E-state index < -0.39 is 32.0 Å². The molecule has 1 aromatic carbocycles. The summed E-state index contributed by atoms with van der Waals surface area (Å²) in [4.78, 5) is 35.5.